The minimum atomic E-state index is -2.99. The van der Waals surface area contributed by atoms with E-state index in [0.717, 1.165) is 0 Å². The van der Waals surface area contributed by atoms with Crippen molar-refractivity contribution in [3.8, 4) is 0 Å². The van der Waals surface area contributed by atoms with Crippen LogP contribution >= 0.6 is 6.72 Å². The minimum Gasteiger partial charge on any atom is -0.383 e. The molecule has 24 heavy (non-hydrogen) atoms. The van der Waals surface area contributed by atoms with Crippen LogP contribution in [0.1, 0.15) is 27.2 Å². The quantitative estimate of drug-likeness (QED) is 0.571. The van der Waals surface area contributed by atoms with Crippen LogP contribution in [0.2, 0.25) is 0 Å². The van der Waals surface area contributed by atoms with Gasteiger partial charge in [0.25, 0.3) is 0 Å². The predicted molar refractivity (Wildman–Crippen MR) is 86.2 cm³/mol. The lowest BCUT2D eigenvalue weighted by atomic mass is 9.95. The number of carbonyl (C=O) groups excluding carboxylic acids is 2. The molecule has 0 saturated carbocycles. The highest BCUT2D eigenvalue weighted by Crippen LogP contribution is 2.58. The summed E-state index contributed by atoms with van der Waals surface area (Å²) in [5, 5.41) is 10.9. The average Bonchev–Trinajstić information content (AvgIpc) is 2.69. The number of allylic oxidation sites excluding steroid dienone is 1. The van der Waals surface area contributed by atoms with Gasteiger partial charge in [0.1, 0.15) is 17.8 Å². The van der Waals surface area contributed by atoms with E-state index in [2.05, 4.69) is 0 Å². The summed E-state index contributed by atoms with van der Waals surface area (Å²) in [6.07, 6.45) is -0.205. The van der Waals surface area contributed by atoms with E-state index in [1.165, 1.54) is 24.1 Å². The summed E-state index contributed by atoms with van der Waals surface area (Å²) in [6.45, 7) is 2.25. The maximum absolute atomic E-state index is 12.1. The Hall–Kier alpha value is -0.670. The fourth-order valence-electron chi connectivity index (χ4n) is 2.94. The molecule has 0 radical (unpaired) electrons. The van der Waals surface area contributed by atoms with Crippen molar-refractivity contribution in [2.24, 2.45) is 0 Å². The molecule has 5 atom stereocenters. The Balaban J connectivity index is 1.83. The van der Waals surface area contributed by atoms with Crippen LogP contribution in [0.25, 0.3) is 0 Å². The topological polar surface area (TPSA) is 94.5 Å². The highest BCUT2D eigenvalue weighted by atomic mass is 32.5. The summed E-state index contributed by atoms with van der Waals surface area (Å²) in [7, 11) is 0. The third-order valence-corrected chi connectivity index (χ3v) is 6.45. The van der Waals surface area contributed by atoms with Gasteiger partial charge in [0.2, 0.25) is 5.91 Å². The second-order valence-corrected chi connectivity index (χ2v) is 9.35. The van der Waals surface area contributed by atoms with Gasteiger partial charge in [0, 0.05) is 6.20 Å². The van der Waals surface area contributed by atoms with Gasteiger partial charge in [-0.1, -0.05) is 0 Å². The number of hydrogen-bond donors (Lipinski definition) is 1. The van der Waals surface area contributed by atoms with Crippen LogP contribution in [0.3, 0.4) is 0 Å². The number of nitrogens with zero attached hydrogens (tertiary/aromatic N) is 1. The number of carbonyl (C=O) groups is 2. The average molecular weight is 377 g/mol. The SMILES string of the molecule is CC(C)OP1(=S)OC[C@H]2O[C@@H](N3C=CC(=O)CC3=O)[C@](C)(O)[C@@H]2O1. The van der Waals surface area contributed by atoms with Crippen molar-refractivity contribution in [1.82, 2.24) is 4.90 Å². The molecule has 0 aromatic carbocycles. The molecule has 0 bridgehead atoms. The van der Waals surface area contributed by atoms with E-state index in [0.29, 0.717) is 0 Å². The second-order valence-electron chi connectivity index (χ2n) is 6.44. The van der Waals surface area contributed by atoms with E-state index in [4.69, 9.17) is 30.1 Å². The van der Waals surface area contributed by atoms with Crippen molar-refractivity contribution in [3.05, 3.63) is 12.3 Å². The third-order valence-electron chi connectivity index (χ3n) is 3.98. The molecule has 1 unspecified atom stereocenters. The number of aliphatic hydroxyl groups is 1. The van der Waals surface area contributed by atoms with Gasteiger partial charge in [-0.3, -0.25) is 19.0 Å². The summed E-state index contributed by atoms with van der Waals surface area (Å²) in [6, 6.07) is 0. The van der Waals surface area contributed by atoms with Crippen molar-refractivity contribution >= 4 is 30.2 Å². The van der Waals surface area contributed by atoms with Gasteiger partial charge in [-0.25, -0.2) is 0 Å². The molecule has 0 aromatic heterocycles. The number of fused-ring (bicyclic) bond motifs is 1. The van der Waals surface area contributed by atoms with Crippen LogP contribution in [-0.2, 0) is 39.7 Å². The first-order valence-corrected chi connectivity index (χ1v) is 10.2. The molecule has 0 spiro atoms. The molecule has 1 N–H and O–H groups in total. The largest absolute Gasteiger partial charge is 0.383 e. The molecule has 10 heteroatoms. The smallest absolute Gasteiger partial charge is 0.327 e. The van der Waals surface area contributed by atoms with Gasteiger partial charge >= 0.3 is 6.72 Å². The van der Waals surface area contributed by atoms with Crippen LogP contribution < -0.4 is 0 Å². The van der Waals surface area contributed by atoms with Crippen molar-refractivity contribution in [2.75, 3.05) is 6.61 Å². The van der Waals surface area contributed by atoms with Crippen LogP contribution in [0.15, 0.2) is 12.3 Å². The van der Waals surface area contributed by atoms with Crippen LogP contribution in [0.5, 0.6) is 0 Å². The first-order valence-electron chi connectivity index (χ1n) is 7.64. The Morgan fingerprint density at radius 1 is 1.50 bits per heavy atom. The summed E-state index contributed by atoms with van der Waals surface area (Å²) >= 11 is 5.33. The fraction of sp³-hybridized carbons (Fsp3) is 0.714. The maximum Gasteiger partial charge on any atom is 0.327 e. The lowest BCUT2D eigenvalue weighted by Crippen LogP contribution is -2.55. The molecule has 0 aromatic rings. The van der Waals surface area contributed by atoms with E-state index in [-0.39, 0.29) is 24.9 Å². The highest BCUT2D eigenvalue weighted by molar-refractivity contribution is 8.07. The van der Waals surface area contributed by atoms with Gasteiger partial charge in [-0.15, -0.1) is 0 Å². The lowest BCUT2D eigenvalue weighted by Gasteiger charge is -2.38. The number of rotatable bonds is 3. The lowest BCUT2D eigenvalue weighted by molar-refractivity contribution is -0.157. The third kappa shape index (κ3) is 3.22. The molecule has 8 nitrogen and oxygen atoms in total. The van der Waals surface area contributed by atoms with Crippen molar-refractivity contribution in [1.29, 1.82) is 0 Å². The van der Waals surface area contributed by atoms with Crippen LogP contribution in [-0.4, -0.2) is 58.4 Å². The molecule has 134 valence electrons. The van der Waals surface area contributed by atoms with Gasteiger partial charge in [0.15, 0.2) is 12.0 Å². The standard InChI is InChI=1S/C14H20NO7PS/c1-8(2)21-23(24)19-7-10-12(22-23)14(3,18)13(20-10)15-5-4-9(16)6-11(15)17/h4-5,8,10,12-13,18H,6-7H2,1-3H3/t10-,12-,13-,14-,23?/m1/s1. The monoisotopic (exact) mass is 377 g/mol. The zero-order valence-corrected chi connectivity index (χ0v) is 15.3. The summed E-state index contributed by atoms with van der Waals surface area (Å²) in [5.74, 6) is -0.725. The molecule has 2 saturated heterocycles. The van der Waals surface area contributed by atoms with Crippen molar-refractivity contribution < 1.29 is 33.0 Å². The molecule has 3 aliphatic heterocycles. The molecular formula is C14H20NO7PS. The number of amides is 1. The Kier molecular flexibility index (Phi) is 4.72. The number of ketones is 1. The summed E-state index contributed by atoms with van der Waals surface area (Å²) < 4.78 is 22.7. The number of ether oxygens (including phenoxy) is 1. The van der Waals surface area contributed by atoms with Crippen LogP contribution in [0.4, 0.5) is 0 Å². The Labute approximate surface area is 144 Å². The van der Waals surface area contributed by atoms with Gasteiger partial charge in [-0.2, -0.15) is 0 Å². The zero-order chi connectivity index (χ0) is 17.7. The van der Waals surface area contributed by atoms with E-state index in [1.54, 1.807) is 0 Å². The summed E-state index contributed by atoms with van der Waals surface area (Å²) in [4.78, 5) is 24.7. The molecule has 3 rings (SSSR count). The van der Waals surface area contributed by atoms with E-state index in [1.807, 2.05) is 13.8 Å². The Morgan fingerprint density at radius 2 is 2.21 bits per heavy atom. The molecular weight excluding hydrogens is 357 g/mol. The molecule has 3 aliphatic rings. The number of hydrogen-bond acceptors (Lipinski definition) is 8. The van der Waals surface area contributed by atoms with E-state index < -0.39 is 36.7 Å². The molecule has 2 fully saturated rings. The molecule has 0 aliphatic carbocycles. The first kappa shape index (κ1) is 18.1. The van der Waals surface area contributed by atoms with E-state index >= 15 is 0 Å². The molecule has 1 amide bonds. The fourth-order valence-corrected chi connectivity index (χ4v) is 5.56. The van der Waals surface area contributed by atoms with Gasteiger partial charge in [-0.05, 0) is 38.7 Å². The van der Waals surface area contributed by atoms with Gasteiger partial charge in [0.05, 0.1) is 19.1 Å². The predicted octanol–water partition coefficient (Wildman–Crippen LogP) is 0.842. The maximum atomic E-state index is 12.1. The zero-order valence-electron chi connectivity index (χ0n) is 13.6. The second kappa shape index (κ2) is 6.25. The first-order chi connectivity index (χ1) is 11.1. The van der Waals surface area contributed by atoms with Crippen molar-refractivity contribution in [2.45, 2.75) is 57.3 Å². The Morgan fingerprint density at radius 3 is 2.83 bits per heavy atom. The normalized spacial score (nSPS) is 42.7. The highest BCUT2D eigenvalue weighted by Gasteiger charge is 2.60. The summed E-state index contributed by atoms with van der Waals surface area (Å²) in [5.41, 5.74) is -1.53. The van der Waals surface area contributed by atoms with Gasteiger partial charge < -0.3 is 18.9 Å². The Bertz CT molecular complexity index is 635. The van der Waals surface area contributed by atoms with Crippen LogP contribution in [0, 0.1) is 0 Å². The minimum absolute atomic E-state index is 0.103. The molecule has 3 heterocycles. The van der Waals surface area contributed by atoms with E-state index in [9.17, 15) is 14.7 Å². The van der Waals surface area contributed by atoms with Crippen molar-refractivity contribution in [3.63, 3.8) is 0 Å².